The molecule has 10 heteroatoms. The van der Waals surface area contributed by atoms with Gasteiger partial charge < -0.3 is 10.1 Å². The number of nitrogens with one attached hydrogen (secondary N) is 1. The Bertz CT molecular complexity index is 1300. The molecule has 2 aromatic carbocycles. The van der Waals surface area contributed by atoms with Gasteiger partial charge in [0, 0.05) is 12.0 Å². The third kappa shape index (κ3) is 4.73. The fourth-order valence-electron chi connectivity index (χ4n) is 3.70. The second kappa shape index (κ2) is 9.42. The third-order valence-electron chi connectivity index (χ3n) is 5.16. The van der Waals surface area contributed by atoms with Gasteiger partial charge in [-0.25, -0.2) is 22.4 Å². The summed E-state index contributed by atoms with van der Waals surface area (Å²) in [6.45, 7) is 2.47. The first kappa shape index (κ1) is 23.9. The molecule has 172 valence electrons. The van der Waals surface area contributed by atoms with E-state index in [-0.39, 0.29) is 33.9 Å². The minimum absolute atomic E-state index is 0.0247. The number of anilines is 1. The maximum Gasteiger partial charge on any atom is 0.338 e. The van der Waals surface area contributed by atoms with Crippen molar-refractivity contribution in [3.8, 4) is 6.07 Å². The molecule has 0 spiro atoms. The molecule has 1 unspecified atom stereocenters. The summed E-state index contributed by atoms with van der Waals surface area (Å²) >= 11 is 0. The Morgan fingerprint density at radius 1 is 1.27 bits per heavy atom. The molecular formula is C23H22FN3O5S. The molecule has 1 heterocycles. The number of hydrogen-bond donors (Lipinski definition) is 1. The zero-order valence-electron chi connectivity index (χ0n) is 18.3. The van der Waals surface area contributed by atoms with Gasteiger partial charge in [-0.15, -0.1) is 0 Å². The van der Waals surface area contributed by atoms with Crippen LogP contribution in [0.3, 0.4) is 0 Å². The highest BCUT2D eigenvalue weighted by atomic mass is 32.2. The lowest BCUT2D eigenvalue weighted by Gasteiger charge is -2.36. The molecule has 1 atom stereocenters. The largest absolute Gasteiger partial charge is 0.463 e. The lowest BCUT2D eigenvalue weighted by Crippen LogP contribution is -2.48. The van der Waals surface area contributed by atoms with E-state index in [0.29, 0.717) is 11.3 Å². The number of ether oxygens (including phenoxy) is 1. The Kier molecular flexibility index (Phi) is 6.84. The molecule has 1 aliphatic heterocycles. The molecule has 2 aromatic rings. The molecule has 1 aliphatic rings. The van der Waals surface area contributed by atoms with Crippen molar-refractivity contribution in [2.24, 2.45) is 0 Å². The molecule has 2 amide bonds. The summed E-state index contributed by atoms with van der Waals surface area (Å²) in [7, 11) is -3.82. The number of rotatable bonds is 6. The van der Waals surface area contributed by atoms with Crippen molar-refractivity contribution in [3.63, 3.8) is 0 Å². The van der Waals surface area contributed by atoms with E-state index >= 15 is 0 Å². The van der Waals surface area contributed by atoms with Crippen LogP contribution < -0.4 is 10.2 Å². The minimum Gasteiger partial charge on any atom is -0.463 e. The molecule has 3 rings (SSSR count). The Morgan fingerprint density at radius 3 is 2.61 bits per heavy atom. The average molecular weight is 472 g/mol. The van der Waals surface area contributed by atoms with Crippen LogP contribution in [-0.4, -0.2) is 33.3 Å². The lowest BCUT2D eigenvalue weighted by molar-refractivity contribution is -0.139. The summed E-state index contributed by atoms with van der Waals surface area (Å²) in [6, 6.07) is 10.3. The van der Waals surface area contributed by atoms with Crippen LogP contribution in [0.2, 0.25) is 0 Å². The van der Waals surface area contributed by atoms with Gasteiger partial charge >= 0.3 is 12.0 Å². The zero-order valence-corrected chi connectivity index (χ0v) is 19.1. The Hall–Kier alpha value is -3.71. The number of benzene rings is 2. The van der Waals surface area contributed by atoms with Crippen LogP contribution in [0, 0.1) is 11.3 Å². The Balaban J connectivity index is 2.26. The molecule has 0 saturated heterocycles. The standard InChI is InChI=1S/C23H22FN3O5S/c1-4-32-22(28)20-14(2)27(17-7-5-6-15(10-17)12-24)23(29)26-21(20)18-9-8-16(13-25)11-19(18)33(3,30)31/h5-11,21H,4,12H2,1-3H3,(H,26,29). The number of nitriles is 1. The molecule has 0 fully saturated rings. The topological polar surface area (TPSA) is 117 Å². The highest BCUT2D eigenvalue weighted by Crippen LogP contribution is 2.37. The Morgan fingerprint density at radius 2 is 2.00 bits per heavy atom. The van der Waals surface area contributed by atoms with E-state index in [4.69, 9.17) is 4.74 Å². The van der Waals surface area contributed by atoms with E-state index in [1.807, 2.05) is 6.07 Å². The van der Waals surface area contributed by atoms with Crippen molar-refractivity contribution in [3.05, 3.63) is 70.4 Å². The quantitative estimate of drug-likeness (QED) is 0.644. The molecule has 0 aromatic heterocycles. The second-order valence-electron chi connectivity index (χ2n) is 7.38. The predicted octanol–water partition coefficient (Wildman–Crippen LogP) is 3.54. The van der Waals surface area contributed by atoms with Gasteiger partial charge in [0.05, 0.1) is 40.4 Å². The van der Waals surface area contributed by atoms with Crippen molar-refractivity contribution in [2.45, 2.75) is 31.5 Å². The van der Waals surface area contributed by atoms with Gasteiger partial charge in [-0.05, 0) is 49.2 Å². The number of carbonyl (C=O) groups excluding carboxylic acids is 2. The maximum absolute atomic E-state index is 13.2. The van der Waals surface area contributed by atoms with Gasteiger partial charge in [0.2, 0.25) is 0 Å². The Labute approximate surface area is 191 Å². The van der Waals surface area contributed by atoms with Crippen molar-refractivity contribution >= 4 is 27.5 Å². The lowest BCUT2D eigenvalue weighted by atomic mass is 9.93. The number of nitrogens with zero attached hydrogens (tertiary/aromatic N) is 2. The minimum atomic E-state index is -3.82. The molecular weight excluding hydrogens is 449 g/mol. The predicted molar refractivity (Wildman–Crippen MR) is 119 cm³/mol. The highest BCUT2D eigenvalue weighted by molar-refractivity contribution is 7.90. The van der Waals surface area contributed by atoms with Gasteiger partial charge in [0.1, 0.15) is 6.67 Å². The number of hydrogen-bond acceptors (Lipinski definition) is 6. The van der Waals surface area contributed by atoms with Crippen LogP contribution in [-0.2, 0) is 26.0 Å². The first-order chi connectivity index (χ1) is 15.6. The van der Waals surface area contributed by atoms with Gasteiger partial charge in [-0.3, -0.25) is 4.90 Å². The first-order valence-electron chi connectivity index (χ1n) is 9.99. The number of alkyl halides is 1. The van der Waals surface area contributed by atoms with Crippen molar-refractivity contribution in [1.29, 1.82) is 5.26 Å². The molecule has 1 N–H and O–H groups in total. The highest BCUT2D eigenvalue weighted by Gasteiger charge is 2.39. The molecule has 0 radical (unpaired) electrons. The normalized spacial score (nSPS) is 16.3. The summed E-state index contributed by atoms with van der Waals surface area (Å²) in [6.07, 6.45) is 0.979. The number of urea groups is 1. The van der Waals surface area contributed by atoms with Crippen LogP contribution in [0.25, 0.3) is 0 Å². The molecule has 8 nitrogen and oxygen atoms in total. The zero-order chi connectivity index (χ0) is 24.3. The van der Waals surface area contributed by atoms with Crippen LogP contribution in [0.15, 0.2) is 58.6 Å². The number of sulfone groups is 1. The van der Waals surface area contributed by atoms with Crippen molar-refractivity contribution < 1.29 is 27.1 Å². The number of carbonyl (C=O) groups is 2. The average Bonchev–Trinajstić information content (AvgIpc) is 2.78. The SMILES string of the molecule is CCOC(=O)C1=C(C)N(c2cccc(CF)c2)C(=O)NC1c1ccc(C#N)cc1S(C)(=O)=O. The molecule has 0 aliphatic carbocycles. The molecule has 33 heavy (non-hydrogen) atoms. The summed E-state index contributed by atoms with van der Waals surface area (Å²) < 4.78 is 43.4. The van der Waals surface area contributed by atoms with Gasteiger partial charge in [-0.2, -0.15) is 5.26 Å². The summed E-state index contributed by atoms with van der Waals surface area (Å²) in [5, 5.41) is 11.9. The number of allylic oxidation sites excluding steroid dienone is 1. The van der Waals surface area contributed by atoms with Gasteiger partial charge in [0.25, 0.3) is 0 Å². The van der Waals surface area contributed by atoms with Crippen LogP contribution >= 0.6 is 0 Å². The van der Waals surface area contributed by atoms with E-state index in [9.17, 15) is 27.7 Å². The van der Waals surface area contributed by atoms with Crippen LogP contribution in [0.5, 0.6) is 0 Å². The van der Waals surface area contributed by atoms with E-state index in [0.717, 1.165) is 6.26 Å². The number of halogens is 1. The monoisotopic (exact) mass is 471 g/mol. The summed E-state index contributed by atoms with van der Waals surface area (Å²) in [5.41, 5.74) is 1.16. The number of esters is 1. The molecule has 0 bridgehead atoms. The molecule has 0 saturated carbocycles. The summed E-state index contributed by atoms with van der Waals surface area (Å²) in [5.74, 6) is -0.740. The maximum atomic E-state index is 13.2. The fourth-order valence-corrected chi connectivity index (χ4v) is 4.66. The third-order valence-corrected chi connectivity index (χ3v) is 6.31. The second-order valence-corrected chi connectivity index (χ2v) is 9.36. The van der Waals surface area contributed by atoms with E-state index < -0.39 is 34.6 Å². The van der Waals surface area contributed by atoms with Gasteiger partial charge in [0.15, 0.2) is 9.84 Å². The smallest absolute Gasteiger partial charge is 0.338 e. The van der Waals surface area contributed by atoms with E-state index in [2.05, 4.69) is 5.32 Å². The number of amides is 2. The fraction of sp³-hybridized carbons (Fsp3) is 0.261. The summed E-state index contributed by atoms with van der Waals surface area (Å²) in [4.78, 5) is 27.1. The van der Waals surface area contributed by atoms with E-state index in [1.54, 1.807) is 25.1 Å². The first-order valence-corrected chi connectivity index (χ1v) is 11.9. The van der Waals surface area contributed by atoms with Crippen molar-refractivity contribution in [2.75, 3.05) is 17.8 Å². The van der Waals surface area contributed by atoms with Crippen LogP contribution in [0.4, 0.5) is 14.9 Å². The van der Waals surface area contributed by atoms with Gasteiger partial charge in [-0.1, -0.05) is 18.2 Å². The van der Waals surface area contributed by atoms with Crippen molar-refractivity contribution in [1.82, 2.24) is 5.32 Å². The van der Waals surface area contributed by atoms with Crippen LogP contribution in [0.1, 0.15) is 36.6 Å². The van der Waals surface area contributed by atoms with E-state index in [1.165, 1.54) is 36.1 Å².